The van der Waals surface area contributed by atoms with Crippen molar-refractivity contribution in [2.45, 2.75) is 31.5 Å². The lowest BCUT2D eigenvalue weighted by Gasteiger charge is -2.32. The van der Waals surface area contributed by atoms with Gasteiger partial charge in [0.05, 0.1) is 5.56 Å². The van der Waals surface area contributed by atoms with E-state index in [-0.39, 0.29) is 0 Å². The first kappa shape index (κ1) is 17.7. The Morgan fingerprint density at radius 1 is 1.04 bits per heavy atom. The minimum absolute atomic E-state index is 0.318. The van der Waals surface area contributed by atoms with Crippen molar-refractivity contribution in [3.05, 3.63) is 53.9 Å². The third kappa shape index (κ3) is 4.69. The molecule has 1 aromatic heterocycles. The smallest absolute Gasteiger partial charge is 0.341 e. The molecule has 0 aliphatic carbocycles. The van der Waals surface area contributed by atoms with Gasteiger partial charge >= 0.3 is 6.18 Å². The number of nitrogens with zero attached hydrogens (tertiary/aromatic N) is 3. The Bertz CT molecular complexity index is 668. The molecule has 0 atom stereocenters. The van der Waals surface area contributed by atoms with Crippen LogP contribution >= 0.6 is 0 Å². The molecule has 4 nitrogen and oxygen atoms in total. The van der Waals surface area contributed by atoms with Crippen molar-refractivity contribution >= 4 is 5.95 Å². The molecule has 1 aromatic carbocycles. The average Bonchev–Trinajstić information content (AvgIpc) is 2.63. The molecule has 0 radical (unpaired) electrons. The van der Waals surface area contributed by atoms with E-state index in [1.54, 1.807) is 30.6 Å². The summed E-state index contributed by atoms with van der Waals surface area (Å²) in [5.41, 5.74) is -0.189. The summed E-state index contributed by atoms with van der Waals surface area (Å²) in [6.07, 6.45) is 1.39. The minimum Gasteiger partial charge on any atom is -0.341 e. The van der Waals surface area contributed by atoms with Crippen LogP contribution in [-0.2, 0) is 12.6 Å². The Morgan fingerprint density at radius 3 is 2.40 bits per heavy atom. The number of hydrogen-bond acceptors (Lipinski definition) is 4. The highest BCUT2D eigenvalue weighted by molar-refractivity contribution is 5.30. The summed E-state index contributed by atoms with van der Waals surface area (Å²) in [6, 6.07) is 7.90. The summed E-state index contributed by atoms with van der Waals surface area (Å²) < 4.78 is 39.0. The number of nitrogens with one attached hydrogen (secondary N) is 1. The molecule has 1 fully saturated rings. The quantitative estimate of drug-likeness (QED) is 0.898. The van der Waals surface area contributed by atoms with Crippen LogP contribution in [0.2, 0.25) is 0 Å². The molecule has 1 saturated heterocycles. The third-order valence-electron chi connectivity index (χ3n) is 4.48. The van der Waals surface area contributed by atoms with Crippen molar-refractivity contribution < 1.29 is 13.2 Å². The largest absolute Gasteiger partial charge is 0.416 e. The minimum atomic E-state index is -4.29. The summed E-state index contributed by atoms with van der Waals surface area (Å²) in [5, 5.41) is 3.39. The van der Waals surface area contributed by atoms with E-state index in [0.29, 0.717) is 24.6 Å². The molecule has 3 rings (SSSR count). The molecule has 1 N–H and O–H groups in total. The molecular formula is C18H21F3N4. The molecule has 1 aliphatic heterocycles. The fourth-order valence-electron chi connectivity index (χ4n) is 3.16. The van der Waals surface area contributed by atoms with E-state index in [9.17, 15) is 13.2 Å². The topological polar surface area (TPSA) is 41.0 Å². The van der Waals surface area contributed by atoms with Crippen LogP contribution in [-0.4, -0.2) is 35.6 Å². The molecule has 0 spiro atoms. The van der Waals surface area contributed by atoms with Crippen LogP contribution in [0.5, 0.6) is 0 Å². The van der Waals surface area contributed by atoms with Crippen LogP contribution in [0.3, 0.4) is 0 Å². The van der Waals surface area contributed by atoms with Gasteiger partial charge in [0.2, 0.25) is 5.95 Å². The lowest BCUT2D eigenvalue weighted by atomic mass is 10.0. The van der Waals surface area contributed by atoms with Crippen molar-refractivity contribution in [3.8, 4) is 0 Å². The molecule has 2 aromatic rings. The van der Waals surface area contributed by atoms with Crippen molar-refractivity contribution in [3.63, 3.8) is 0 Å². The van der Waals surface area contributed by atoms with Gasteiger partial charge in [-0.25, -0.2) is 9.97 Å². The van der Waals surface area contributed by atoms with Gasteiger partial charge in [-0.3, -0.25) is 0 Å². The fraction of sp³-hybridized carbons (Fsp3) is 0.444. The highest BCUT2D eigenvalue weighted by Gasteiger charge is 2.32. The highest BCUT2D eigenvalue weighted by atomic mass is 19.4. The lowest BCUT2D eigenvalue weighted by Crippen LogP contribution is -2.43. The second-order valence-electron chi connectivity index (χ2n) is 6.17. The Labute approximate surface area is 145 Å². The number of anilines is 1. The van der Waals surface area contributed by atoms with Gasteiger partial charge in [0, 0.05) is 31.5 Å². The summed E-state index contributed by atoms with van der Waals surface area (Å²) in [7, 11) is 0. The van der Waals surface area contributed by atoms with Crippen LogP contribution in [0.1, 0.15) is 24.0 Å². The Morgan fingerprint density at radius 2 is 1.72 bits per heavy atom. The predicted octanol–water partition coefficient (Wildman–Crippen LogP) is 3.30. The Balaban J connectivity index is 1.47. The molecule has 0 amide bonds. The zero-order valence-corrected chi connectivity index (χ0v) is 13.8. The maximum atomic E-state index is 13.0. The molecule has 7 heteroatoms. The van der Waals surface area contributed by atoms with Crippen molar-refractivity contribution in [2.75, 3.05) is 24.5 Å². The van der Waals surface area contributed by atoms with E-state index < -0.39 is 11.7 Å². The number of rotatable bonds is 5. The molecule has 0 bridgehead atoms. The second-order valence-corrected chi connectivity index (χ2v) is 6.17. The second kappa shape index (κ2) is 7.82. The number of aromatic nitrogens is 2. The van der Waals surface area contributed by atoms with Gasteiger partial charge in [0.1, 0.15) is 0 Å². The Hall–Kier alpha value is -2.15. The first-order chi connectivity index (χ1) is 12.0. The van der Waals surface area contributed by atoms with Crippen LogP contribution in [0.4, 0.5) is 19.1 Å². The first-order valence-electron chi connectivity index (χ1n) is 8.44. The third-order valence-corrected chi connectivity index (χ3v) is 4.48. The number of halogens is 3. The van der Waals surface area contributed by atoms with Crippen molar-refractivity contribution in [1.82, 2.24) is 15.3 Å². The summed E-state index contributed by atoms with van der Waals surface area (Å²) >= 11 is 0. The normalized spacial score (nSPS) is 16.2. The van der Waals surface area contributed by atoms with E-state index in [1.165, 1.54) is 6.07 Å². The van der Waals surface area contributed by atoms with Crippen LogP contribution < -0.4 is 10.2 Å². The number of hydrogen-bond donors (Lipinski definition) is 1. The summed E-state index contributed by atoms with van der Waals surface area (Å²) in [4.78, 5) is 10.6. The summed E-state index contributed by atoms with van der Waals surface area (Å²) in [6.45, 7) is 2.24. The molecule has 1 aliphatic rings. The van der Waals surface area contributed by atoms with Crippen LogP contribution in [0.25, 0.3) is 0 Å². The number of piperidine rings is 1. The molecule has 134 valence electrons. The zero-order valence-electron chi connectivity index (χ0n) is 13.8. The van der Waals surface area contributed by atoms with Gasteiger partial charge in [-0.05, 0) is 43.5 Å². The first-order valence-corrected chi connectivity index (χ1v) is 8.44. The average molecular weight is 350 g/mol. The lowest BCUT2D eigenvalue weighted by molar-refractivity contribution is -0.138. The number of benzene rings is 1. The fourth-order valence-corrected chi connectivity index (χ4v) is 3.16. The van der Waals surface area contributed by atoms with E-state index in [0.717, 1.165) is 37.9 Å². The molecule has 25 heavy (non-hydrogen) atoms. The standard InChI is InChI=1S/C18H21F3N4/c19-18(20,21)16-5-2-1-4-14(16)6-11-22-15-7-12-25(13-8-15)17-23-9-3-10-24-17/h1-5,9-10,15,22H,6-8,11-13H2. The Kier molecular flexibility index (Phi) is 5.53. The van der Waals surface area contributed by atoms with Crippen molar-refractivity contribution in [2.24, 2.45) is 0 Å². The molecule has 2 heterocycles. The summed E-state index contributed by atoms with van der Waals surface area (Å²) in [5.74, 6) is 0.736. The van der Waals surface area contributed by atoms with E-state index in [4.69, 9.17) is 0 Å². The predicted molar refractivity (Wildman–Crippen MR) is 90.4 cm³/mol. The molecule has 0 saturated carbocycles. The monoisotopic (exact) mass is 350 g/mol. The highest BCUT2D eigenvalue weighted by Crippen LogP contribution is 2.31. The molecular weight excluding hydrogens is 329 g/mol. The van der Waals surface area contributed by atoms with Gasteiger partial charge in [-0.2, -0.15) is 13.2 Å². The van der Waals surface area contributed by atoms with Gasteiger partial charge in [0.15, 0.2) is 0 Å². The van der Waals surface area contributed by atoms with E-state index in [1.807, 2.05) is 0 Å². The maximum Gasteiger partial charge on any atom is 0.416 e. The van der Waals surface area contributed by atoms with Gasteiger partial charge in [-0.1, -0.05) is 18.2 Å². The van der Waals surface area contributed by atoms with Gasteiger partial charge in [0.25, 0.3) is 0 Å². The number of alkyl halides is 3. The van der Waals surface area contributed by atoms with Crippen LogP contribution in [0.15, 0.2) is 42.7 Å². The van der Waals surface area contributed by atoms with Crippen molar-refractivity contribution in [1.29, 1.82) is 0 Å². The van der Waals surface area contributed by atoms with Crippen LogP contribution in [0, 0.1) is 0 Å². The molecule has 0 unspecified atom stereocenters. The van der Waals surface area contributed by atoms with Gasteiger partial charge in [-0.15, -0.1) is 0 Å². The van der Waals surface area contributed by atoms with Gasteiger partial charge < -0.3 is 10.2 Å². The maximum absolute atomic E-state index is 13.0. The van der Waals surface area contributed by atoms with E-state index >= 15 is 0 Å². The van der Waals surface area contributed by atoms with E-state index in [2.05, 4.69) is 20.2 Å². The SMILES string of the molecule is FC(F)(F)c1ccccc1CCNC1CCN(c2ncccn2)CC1. The zero-order chi connectivity index (χ0) is 17.7.